The van der Waals surface area contributed by atoms with Gasteiger partial charge >= 0.3 is 6.03 Å². The maximum absolute atomic E-state index is 12.0. The van der Waals surface area contributed by atoms with Crippen molar-refractivity contribution in [3.05, 3.63) is 24.3 Å². The Balaban J connectivity index is 1.79. The van der Waals surface area contributed by atoms with E-state index < -0.39 is 0 Å². The lowest BCUT2D eigenvalue weighted by atomic mass is 10.2. The Bertz CT molecular complexity index is 525. The number of hydrogen-bond acceptors (Lipinski definition) is 4. The van der Waals surface area contributed by atoms with Gasteiger partial charge in [-0.1, -0.05) is 0 Å². The first-order valence-corrected chi connectivity index (χ1v) is 7.81. The second kappa shape index (κ2) is 8.50. The van der Waals surface area contributed by atoms with Crippen LogP contribution in [0.4, 0.5) is 16.2 Å². The molecule has 1 aromatic rings. The summed E-state index contributed by atoms with van der Waals surface area (Å²) in [7, 11) is 0. The molecule has 1 saturated heterocycles. The number of benzene rings is 1. The number of hydrogen-bond donors (Lipinski definition) is 4. The maximum atomic E-state index is 12.0. The Labute approximate surface area is 136 Å². The van der Waals surface area contributed by atoms with E-state index in [0.717, 1.165) is 6.54 Å². The van der Waals surface area contributed by atoms with Crippen LogP contribution in [0.15, 0.2) is 24.3 Å². The third kappa shape index (κ3) is 6.25. The first-order valence-electron chi connectivity index (χ1n) is 7.81. The van der Waals surface area contributed by atoms with Crippen LogP contribution in [0.3, 0.4) is 0 Å². The molecule has 1 atom stereocenters. The van der Waals surface area contributed by atoms with Crippen LogP contribution in [0, 0.1) is 0 Å². The van der Waals surface area contributed by atoms with Gasteiger partial charge in [-0.05, 0) is 38.1 Å². The minimum atomic E-state index is -0.250. The SMILES string of the molecule is CC(C)NC(=O)Nc1ccc(NC(=O)CC2COCCN2)cc1. The van der Waals surface area contributed by atoms with Crippen LogP contribution in [0.5, 0.6) is 0 Å². The van der Waals surface area contributed by atoms with Gasteiger partial charge in [0.25, 0.3) is 0 Å². The fraction of sp³-hybridized carbons (Fsp3) is 0.500. The molecule has 0 saturated carbocycles. The van der Waals surface area contributed by atoms with E-state index >= 15 is 0 Å². The zero-order valence-corrected chi connectivity index (χ0v) is 13.5. The Morgan fingerprint density at radius 2 is 1.87 bits per heavy atom. The number of nitrogens with one attached hydrogen (secondary N) is 4. The lowest BCUT2D eigenvalue weighted by Gasteiger charge is -2.23. The van der Waals surface area contributed by atoms with E-state index in [-0.39, 0.29) is 24.0 Å². The highest BCUT2D eigenvalue weighted by Crippen LogP contribution is 2.14. The van der Waals surface area contributed by atoms with Crippen LogP contribution in [0.2, 0.25) is 0 Å². The Morgan fingerprint density at radius 1 is 1.22 bits per heavy atom. The molecule has 23 heavy (non-hydrogen) atoms. The first-order chi connectivity index (χ1) is 11.0. The topological polar surface area (TPSA) is 91.5 Å². The van der Waals surface area contributed by atoms with E-state index in [1.807, 2.05) is 13.8 Å². The van der Waals surface area contributed by atoms with Gasteiger partial charge in [-0.15, -0.1) is 0 Å². The summed E-state index contributed by atoms with van der Waals surface area (Å²) < 4.78 is 5.32. The maximum Gasteiger partial charge on any atom is 0.319 e. The molecule has 1 heterocycles. The average Bonchev–Trinajstić information content (AvgIpc) is 2.49. The zero-order chi connectivity index (χ0) is 16.7. The van der Waals surface area contributed by atoms with Crippen LogP contribution < -0.4 is 21.3 Å². The monoisotopic (exact) mass is 320 g/mol. The summed E-state index contributed by atoms with van der Waals surface area (Å²) in [6.45, 7) is 5.81. The standard InChI is InChI=1S/C16H24N4O3/c1-11(2)18-16(22)20-13-5-3-12(4-6-13)19-15(21)9-14-10-23-8-7-17-14/h3-6,11,14,17H,7-10H2,1-2H3,(H,19,21)(H2,18,20,22). The van der Waals surface area contributed by atoms with Gasteiger partial charge in [0.2, 0.25) is 5.91 Å². The molecule has 0 aliphatic carbocycles. The molecule has 0 spiro atoms. The van der Waals surface area contributed by atoms with Gasteiger partial charge in [0.1, 0.15) is 0 Å². The van der Waals surface area contributed by atoms with Crippen molar-refractivity contribution in [2.45, 2.75) is 32.4 Å². The van der Waals surface area contributed by atoms with Crippen LogP contribution in [0.25, 0.3) is 0 Å². The molecule has 0 bridgehead atoms. The van der Waals surface area contributed by atoms with Gasteiger partial charge in [-0.3, -0.25) is 4.79 Å². The van der Waals surface area contributed by atoms with Crippen LogP contribution in [-0.2, 0) is 9.53 Å². The Morgan fingerprint density at radius 3 is 2.43 bits per heavy atom. The summed E-state index contributed by atoms with van der Waals surface area (Å²) in [5, 5.41) is 11.6. The summed E-state index contributed by atoms with van der Waals surface area (Å²) in [4.78, 5) is 23.6. The molecule has 2 rings (SSSR count). The van der Waals surface area contributed by atoms with Crippen molar-refractivity contribution in [3.8, 4) is 0 Å². The van der Waals surface area contributed by atoms with Crippen molar-refractivity contribution in [2.24, 2.45) is 0 Å². The fourth-order valence-electron chi connectivity index (χ4n) is 2.25. The number of morpholine rings is 1. The van der Waals surface area contributed by atoms with Crippen molar-refractivity contribution in [3.63, 3.8) is 0 Å². The van der Waals surface area contributed by atoms with Gasteiger partial charge in [-0.25, -0.2) is 4.79 Å². The Hall–Kier alpha value is -2.12. The van der Waals surface area contributed by atoms with E-state index in [1.165, 1.54) is 0 Å². The number of urea groups is 1. The minimum absolute atomic E-state index is 0.0596. The average molecular weight is 320 g/mol. The molecule has 0 radical (unpaired) electrons. The quantitative estimate of drug-likeness (QED) is 0.662. The molecule has 0 aromatic heterocycles. The number of carbonyl (C=O) groups excluding carboxylic acids is 2. The molecule has 1 fully saturated rings. The number of rotatable bonds is 5. The number of ether oxygens (including phenoxy) is 1. The second-order valence-corrected chi connectivity index (χ2v) is 5.81. The highest BCUT2D eigenvalue weighted by molar-refractivity contribution is 5.92. The molecule has 1 unspecified atom stereocenters. The smallest absolute Gasteiger partial charge is 0.319 e. The normalized spacial score (nSPS) is 17.6. The van der Waals surface area contributed by atoms with Gasteiger partial charge in [0.15, 0.2) is 0 Å². The predicted octanol–water partition coefficient (Wildman–Crippen LogP) is 1.53. The number of anilines is 2. The lowest BCUT2D eigenvalue weighted by Crippen LogP contribution is -2.43. The predicted molar refractivity (Wildman–Crippen MR) is 89.6 cm³/mol. The van der Waals surface area contributed by atoms with Crippen LogP contribution in [-0.4, -0.2) is 43.8 Å². The number of carbonyl (C=O) groups is 2. The zero-order valence-electron chi connectivity index (χ0n) is 13.5. The fourth-order valence-corrected chi connectivity index (χ4v) is 2.25. The van der Waals surface area contributed by atoms with E-state index in [9.17, 15) is 9.59 Å². The summed E-state index contributed by atoms with van der Waals surface area (Å²) in [5.74, 6) is -0.0636. The molecule has 1 aliphatic heterocycles. The Kier molecular flexibility index (Phi) is 6.37. The summed E-state index contributed by atoms with van der Waals surface area (Å²) in [6.07, 6.45) is 0.372. The molecule has 3 amide bonds. The van der Waals surface area contributed by atoms with Gasteiger partial charge in [0.05, 0.1) is 13.2 Å². The van der Waals surface area contributed by atoms with Crippen molar-refractivity contribution in [1.29, 1.82) is 0 Å². The molecular formula is C16H24N4O3. The largest absolute Gasteiger partial charge is 0.378 e. The molecule has 1 aromatic carbocycles. The minimum Gasteiger partial charge on any atom is -0.378 e. The summed E-state index contributed by atoms with van der Waals surface area (Å²) in [6, 6.07) is 6.90. The third-order valence-electron chi connectivity index (χ3n) is 3.28. The highest BCUT2D eigenvalue weighted by atomic mass is 16.5. The van der Waals surface area contributed by atoms with Crippen molar-refractivity contribution in [1.82, 2.24) is 10.6 Å². The third-order valence-corrected chi connectivity index (χ3v) is 3.28. The molecule has 1 aliphatic rings. The molecular weight excluding hydrogens is 296 g/mol. The van der Waals surface area contributed by atoms with E-state index in [0.29, 0.717) is 31.0 Å². The van der Waals surface area contributed by atoms with Crippen molar-refractivity contribution in [2.75, 3.05) is 30.4 Å². The van der Waals surface area contributed by atoms with Crippen molar-refractivity contribution >= 4 is 23.3 Å². The van der Waals surface area contributed by atoms with Crippen molar-refractivity contribution < 1.29 is 14.3 Å². The molecule has 4 N–H and O–H groups in total. The van der Waals surface area contributed by atoms with Gasteiger partial charge < -0.3 is 26.0 Å². The van der Waals surface area contributed by atoms with Gasteiger partial charge in [0, 0.05) is 36.4 Å². The number of amides is 3. The summed E-state index contributed by atoms with van der Waals surface area (Å²) in [5.41, 5.74) is 1.37. The van der Waals surface area contributed by atoms with Crippen LogP contribution >= 0.6 is 0 Å². The van der Waals surface area contributed by atoms with Crippen LogP contribution in [0.1, 0.15) is 20.3 Å². The highest BCUT2D eigenvalue weighted by Gasteiger charge is 2.16. The van der Waals surface area contributed by atoms with E-state index in [1.54, 1.807) is 24.3 Å². The second-order valence-electron chi connectivity index (χ2n) is 5.81. The lowest BCUT2D eigenvalue weighted by molar-refractivity contribution is -0.117. The summed E-state index contributed by atoms with van der Waals surface area (Å²) >= 11 is 0. The van der Waals surface area contributed by atoms with Gasteiger partial charge in [-0.2, -0.15) is 0 Å². The van der Waals surface area contributed by atoms with E-state index in [2.05, 4.69) is 21.3 Å². The molecule has 7 heteroatoms. The first kappa shape index (κ1) is 17.2. The molecule has 7 nitrogen and oxygen atoms in total. The molecule has 126 valence electrons. The van der Waals surface area contributed by atoms with E-state index in [4.69, 9.17) is 4.74 Å².